The largest absolute Gasteiger partial charge is 0.198 e. The molecule has 0 aliphatic carbocycles. The summed E-state index contributed by atoms with van der Waals surface area (Å²) in [5.74, 6) is 2.02. The predicted octanol–water partition coefficient (Wildman–Crippen LogP) is 3.88. The lowest BCUT2D eigenvalue weighted by molar-refractivity contribution is 0.981. The Morgan fingerprint density at radius 3 is 3.00 bits per heavy atom. The number of unbranched alkanes of at least 4 members (excludes halogenated alkanes) is 1. The first-order valence-corrected chi connectivity index (χ1v) is 6.05. The molecular formula is C11H12ClNS. The number of hydrogen-bond donors (Lipinski definition) is 0. The fraction of sp³-hybridized carbons (Fsp3) is 0.364. The van der Waals surface area contributed by atoms with Crippen LogP contribution in [0.1, 0.15) is 18.4 Å². The van der Waals surface area contributed by atoms with Gasteiger partial charge in [0, 0.05) is 17.2 Å². The Morgan fingerprint density at radius 2 is 2.29 bits per heavy atom. The summed E-state index contributed by atoms with van der Waals surface area (Å²) in [5.41, 5.74) is 1.25. The van der Waals surface area contributed by atoms with E-state index in [0.717, 1.165) is 22.9 Å². The van der Waals surface area contributed by atoms with E-state index in [-0.39, 0.29) is 0 Å². The zero-order valence-electron chi connectivity index (χ0n) is 7.87. The molecule has 0 amide bonds. The summed E-state index contributed by atoms with van der Waals surface area (Å²) in [7, 11) is 0. The molecule has 0 spiro atoms. The van der Waals surface area contributed by atoms with Gasteiger partial charge in [-0.15, -0.1) is 0 Å². The first-order valence-electron chi connectivity index (χ1n) is 4.52. The summed E-state index contributed by atoms with van der Waals surface area (Å²) < 4.78 is 0. The molecule has 14 heavy (non-hydrogen) atoms. The van der Waals surface area contributed by atoms with Gasteiger partial charge in [0.05, 0.1) is 6.07 Å². The van der Waals surface area contributed by atoms with E-state index < -0.39 is 0 Å². The third-order valence-electron chi connectivity index (χ3n) is 1.74. The van der Waals surface area contributed by atoms with E-state index in [1.165, 1.54) is 5.56 Å². The number of halogens is 1. The van der Waals surface area contributed by atoms with Gasteiger partial charge in [-0.25, -0.2) is 0 Å². The number of hydrogen-bond acceptors (Lipinski definition) is 2. The predicted molar refractivity (Wildman–Crippen MR) is 62.5 cm³/mol. The molecule has 1 nitrogen and oxygen atoms in total. The van der Waals surface area contributed by atoms with Gasteiger partial charge < -0.3 is 0 Å². The lowest BCUT2D eigenvalue weighted by Crippen LogP contribution is -1.83. The molecule has 0 saturated carbocycles. The maximum absolute atomic E-state index is 8.34. The van der Waals surface area contributed by atoms with E-state index in [4.69, 9.17) is 16.9 Å². The summed E-state index contributed by atoms with van der Waals surface area (Å²) >= 11 is 7.70. The molecule has 0 unspecified atom stereocenters. The molecule has 0 saturated heterocycles. The lowest BCUT2D eigenvalue weighted by Gasteiger charge is -2.00. The minimum absolute atomic E-state index is 0.655. The first kappa shape index (κ1) is 11.4. The Morgan fingerprint density at radius 1 is 1.43 bits per heavy atom. The molecule has 1 aromatic carbocycles. The number of thioether (sulfide) groups is 1. The zero-order valence-corrected chi connectivity index (χ0v) is 9.44. The molecule has 0 aromatic heterocycles. The van der Waals surface area contributed by atoms with Crippen LogP contribution in [0.5, 0.6) is 0 Å². The van der Waals surface area contributed by atoms with Crippen molar-refractivity contribution in [2.24, 2.45) is 0 Å². The fourth-order valence-corrected chi connectivity index (χ4v) is 2.19. The van der Waals surface area contributed by atoms with E-state index >= 15 is 0 Å². The summed E-state index contributed by atoms with van der Waals surface area (Å²) in [6.07, 6.45) is 1.63. The monoisotopic (exact) mass is 225 g/mol. The second-order valence-corrected chi connectivity index (χ2v) is 4.49. The number of rotatable bonds is 5. The normalized spacial score (nSPS) is 9.71. The Hall–Kier alpha value is -0.650. The zero-order chi connectivity index (χ0) is 10.2. The van der Waals surface area contributed by atoms with Gasteiger partial charge in [0.1, 0.15) is 0 Å². The van der Waals surface area contributed by atoms with Crippen molar-refractivity contribution in [3.63, 3.8) is 0 Å². The summed E-state index contributed by atoms with van der Waals surface area (Å²) in [6.45, 7) is 0. The Balaban J connectivity index is 2.22. The van der Waals surface area contributed by atoms with Crippen LogP contribution in [0.15, 0.2) is 24.3 Å². The van der Waals surface area contributed by atoms with Crippen molar-refractivity contribution in [3.05, 3.63) is 34.9 Å². The van der Waals surface area contributed by atoms with Gasteiger partial charge in [0.15, 0.2) is 0 Å². The Bertz CT molecular complexity index is 319. The van der Waals surface area contributed by atoms with E-state index in [1.807, 2.05) is 30.0 Å². The van der Waals surface area contributed by atoms with Crippen LogP contribution in [-0.4, -0.2) is 5.75 Å². The van der Waals surface area contributed by atoms with Crippen molar-refractivity contribution in [1.29, 1.82) is 5.26 Å². The highest BCUT2D eigenvalue weighted by molar-refractivity contribution is 7.98. The van der Waals surface area contributed by atoms with Crippen LogP contribution >= 0.6 is 23.4 Å². The van der Waals surface area contributed by atoms with Crippen LogP contribution in [-0.2, 0) is 5.75 Å². The van der Waals surface area contributed by atoms with Gasteiger partial charge >= 0.3 is 0 Å². The van der Waals surface area contributed by atoms with E-state index in [1.54, 1.807) is 0 Å². The van der Waals surface area contributed by atoms with E-state index in [9.17, 15) is 0 Å². The topological polar surface area (TPSA) is 23.8 Å². The molecule has 0 radical (unpaired) electrons. The molecule has 74 valence electrons. The van der Waals surface area contributed by atoms with Crippen molar-refractivity contribution in [2.45, 2.75) is 18.6 Å². The molecule has 0 bridgehead atoms. The summed E-state index contributed by atoms with van der Waals surface area (Å²) in [4.78, 5) is 0. The van der Waals surface area contributed by atoms with Crippen LogP contribution in [0.2, 0.25) is 5.02 Å². The van der Waals surface area contributed by atoms with Crippen LogP contribution in [0, 0.1) is 11.3 Å². The smallest absolute Gasteiger partial charge is 0.0622 e. The number of benzene rings is 1. The second-order valence-electron chi connectivity index (χ2n) is 2.94. The van der Waals surface area contributed by atoms with Crippen LogP contribution < -0.4 is 0 Å². The average molecular weight is 226 g/mol. The highest BCUT2D eigenvalue weighted by Crippen LogP contribution is 2.17. The quantitative estimate of drug-likeness (QED) is 0.711. The third-order valence-corrected chi connectivity index (χ3v) is 3.08. The van der Waals surface area contributed by atoms with Crippen LogP contribution in [0.3, 0.4) is 0 Å². The SMILES string of the molecule is N#CCCCSCc1cccc(Cl)c1. The fourth-order valence-electron chi connectivity index (χ4n) is 1.07. The van der Waals surface area contributed by atoms with Gasteiger partial charge in [-0.3, -0.25) is 0 Å². The maximum Gasteiger partial charge on any atom is 0.0622 e. The van der Waals surface area contributed by atoms with Crippen molar-refractivity contribution in [2.75, 3.05) is 5.75 Å². The van der Waals surface area contributed by atoms with Gasteiger partial charge in [-0.2, -0.15) is 17.0 Å². The van der Waals surface area contributed by atoms with Crippen molar-refractivity contribution in [3.8, 4) is 6.07 Å². The number of nitriles is 1. The maximum atomic E-state index is 8.34. The molecule has 0 heterocycles. The summed E-state index contributed by atoms with van der Waals surface area (Å²) in [6, 6.07) is 10.0. The molecule has 0 fully saturated rings. The molecule has 0 atom stereocenters. The first-order chi connectivity index (χ1) is 6.83. The third kappa shape index (κ3) is 4.55. The van der Waals surface area contributed by atoms with Crippen LogP contribution in [0.4, 0.5) is 0 Å². The minimum atomic E-state index is 0.655. The minimum Gasteiger partial charge on any atom is -0.198 e. The van der Waals surface area contributed by atoms with Crippen molar-refractivity contribution >= 4 is 23.4 Å². The lowest BCUT2D eigenvalue weighted by atomic mass is 10.2. The van der Waals surface area contributed by atoms with Crippen molar-refractivity contribution < 1.29 is 0 Å². The standard InChI is InChI=1S/C11H12ClNS/c12-11-5-3-4-10(8-11)9-14-7-2-1-6-13/h3-5,8H,1-2,7,9H2. The summed E-state index contributed by atoms with van der Waals surface area (Å²) in [5, 5.41) is 9.13. The average Bonchev–Trinajstić information content (AvgIpc) is 2.18. The number of nitrogens with zero attached hydrogens (tertiary/aromatic N) is 1. The van der Waals surface area contributed by atoms with Gasteiger partial charge in [-0.1, -0.05) is 23.7 Å². The molecule has 1 rings (SSSR count). The molecular weight excluding hydrogens is 214 g/mol. The van der Waals surface area contributed by atoms with Gasteiger partial charge in [0.2, 0.25) is 0 Å². The van der Waals surface area contributed by atoms with Crippen LogP contribution in [0.25, 0.3) is 0 Å². The van der Waals surface area contributed by atoms with E-state index in [0.29, 0.717) is 6.42 Å². The Labute approximate surface area is 94.1 Å². The Kier molecular flexibility index (Phi) is 5.51. The van der Waals surface area contributed by atoms with Gasteiger partial charge in [-0.05, 0) is 29.9 Å². The molecule has 0 N–H and O–H groups in total. The van der Waals surface area contributed by atoms with Gasteiger partial charge in [0.25, 0.3) is 0 Å². The van der Waals surface area contributed by atoms with Crippen molar-refractivity contribution in [1.82, 2.24) is 0 Å². The highest BCUT2D eigenvalue weighted by atomic mass is 35.5. The molecule has 3 heteroatoms. The van der Waals surface area contributed by atoms with E-state index in [2.05, 4.69) is 12.1 Å². The molecule has 0 aliphatic rings. The second kappa shape index (κ2) is 6.75. The molecule has 0 aliphatic heterocycles. The molecule has 1 aromatic rings. The highest BCUT2D eigenvalue weighted by Gasteiger charge is 1.94.